The summed E-state index contributed by atoms with van der Waals surface area (Å²) in [5.74, 6) is 0.927. The topological polar surface area (TPSA) is 97.6 Å². The van der Waals surface area contributed by atoms with E-state index in [-0.39, 0.29) is 23.2 Å². The zero-order chi connectivity index (χ0) is 17.9. The van der Waals surface area contributed by atoms with Gasteiger partial charge in [0.1, 0.15) is 11.8 Å². The van der Waals surface area contributed by atoms with Gasteiger partial charge in [0, 0.05) is 23.9 Å². The molecule has 0 N–H and O–H groups in total. The Balaban J connectivity index is 1.94. The van der Waals surface area contributed by atoms with E-state index < -0.39 is 5.41 Å². The molecule has 0 bridgehead atoms. The molecule has 2 aromatic rings. The van der Waals surface area contributed by atoms with Crippen molar-refractivity contribution < 1.29 is 9.32 Å². The van der Waals surface area contributed by atoms with Crippen molar-refractivity contribution in [2.75, 3.05) is 0 Å². The number of ketones is 1. The first kappa shape index (κ1) is 15.8. The van der Waals surface area contributed by atoms with E-state index in [1.807, 2.05) is 20.0 Å². The van der Waals surface area contributed by atoms with E-state index in [2.05, 4.69) is 23.1 Å². The number of aryl methyl sites for hydroxylation is 2. The molecule has 0 radical (unpaired) electrons. The number of aromatic nitrogens is 4. The van der Waals surface area contributed by atoms with Gasteiger partial charge in [-0.25, -0.2) is 0 Å². The molecule has 0 spiro atoms. The lowest BCUT2D eigenvalue weighted by atomic mass is 9.58. The minimum Gasteiger partial charge on any atom is -0.332 e. The first-order chi connectivity index (χ1) is 11.9. The maximum Gasteiger partial charge on any atom is 0.276 e. The van der Waals surface area contributed by atoms with Crippen molar-refractivity contribution in [3.63, 3.8) is 0 Å². The van der Waals surface area contributed by atoms with Crippen LogP contribution in [0.2, 0.25) is 0 Å². The van der Waals surface area contributed by atoms with Crippen molar-refractivity contribution in [3.05, 3.63) is 28.7 Å². The molecule has 0 amide bonds. The predicted molar refractivity (Wildman–Crippen MR) is 88.3 cm³/mol. The number of nitrogens with zero attached hydrogens (tertiary/aromatic N) is 5. The Labute approximate surface area is 145 Å². The maximum absolute atomic E-state index is 12.4. The van der Waals surface area contributed by atoms with Gasteiger partial charge in [0.2, 0.25) is 0 Å². The van der Waals surface area contributed by atoms with E-state index >= 15 is 0 Å². The number of fused-ring (bicyclic) bond motifs is 3. The van der Waals surface area contributed by atoms with E-state index in [9.17, 15) is 10.1 Å². The highest BCUT2D eigenvalue weighted by Crippen LogP contribution is 2.50. The van der Waals surface area contributed by atoms with E-state index in [0.29, 0.717) is 11.7 Å². The zero-order valence-corrected chi connectivity index (χ0v) is 14.7. The Morgan fingerprint density at radius 2 is 2.24 bits per heavy atom. The molecule has 0 saturated heterocycles. The average molecular weight is 337 g/mol. The van der Waals surface area contributed by atoms with Crippen LogP contribution in [0, 0.1) is 30.1 Å². The van der Waals surface area contributed by atoms with Crippen LogP contribution in [-0.4, -0.2) is 25.7 Å². The lowest BCUT2D eigenvalue weighted by Gasteiger charge is -2.44. The Morgan fingerprint density at radius 1 is 1.48 bits per heavy atom. The van der Waals surface area contributed by atoms with Crippen LogP contribution >= 0.6 is 0 Å². The Morgan fingerprint density at radius 3 is 2.88 bits per heavy atom. The number of rotatable bonds is 1. The molecule has 3 atom stereocenters. The molecule has 2 aliphatic carbocycles. The van der Waals surface area contributed by atoms with E-state index in [0.717, 1.165) is 29.8 Å². The number of hydrogen-bond acceptors (Lipinski definition) is 6. The van der Waals surface area contributed by atoms with Gasteiger partial charge in [0.05, 0.1) is 11.3 Å². The first-order valence-electron chi connectivity index (χ1n) is 8.41. The molecule has 2 aromatic heterocycles. The van der Waals surface area contributed by atoms with Gasteiger partial charge in [-0.05, 0) is 25.7 Å². The summed E-state index contributed by atoms with van der Waals surface area (Å²) in [5, 5.41) is 18.0. The number of Topliss-reactive ketones (excluding diaryl/α,β-unsaturated/α-hetero) is 1. The maximum atomic E-state index is 12.4. The summed E-state index contributed by atoms with van der Waals surface area (Å²) in [6.45, 7) is 5.78. The fourth-order valence-electron chi connectivity index (χ4n) is 4.50. The Bertz CT molecular complexity index is 961. The highest BCUT2D eigenvalue weighted by Gasteiger charge is 2.50. The van der Waals surface area contributed by atoms with Gasteiger partial charge >= 0.3 is 0 Å². The van der Waals surface area contributed by atoms with Gasteiger partial charge in [-0.3, -0.25) is 9.48 Å². The molecule has 25 heavy (non-hydrogen) atoms. The number of carbonyl (C=O) groups excluding carboxylic acids is 1. The lowest BCUT2D eigenvalue weighted by Crippen LogP contribution is -2.45. The fraction of sp³-hybridized carbons (Fsp3) is 0.500. The van der Waals surface area contributed by atoms with Crippen molar-refractivity contribution >= 4 is 5.78 Å². The largest absolute Gasteiger partial charge is 0.332 e. The van der Waals surface area contributed by atoms with Crippen LogP contribution in [0.15, 0.2) is 16.2 Å². The van der Waals surface area contributed by atoms with Crippen molar-refractivity contribution in [1.29, 1.82) is 5.26 Å². The molecule has 4 rings (SSSR count). The van der Waals surface area contributed by atoms with Gasteiger partial charge in [-0.15, -0.1) is 0 Å². The minimum atomic E-state index is -0.447. The van der Waals surface area contributed by atoms with Crippen molar-refractivity contribution in [2.24, 2.45) is 18.9 Å². The van der Waals surface area contributed by atoms with E-state index in [4.69, 9.17) is 9.62 Å². The highest BCUT2D eigenvalue weighted by atomic mass is 16.5. The molecular formula is C18H19N5O2. The molecule has 2 aliphatic rings. The molecule has 2 heterocycles. The molecule has 0 saturated carbocycles. The van der Waals surface area contributed by atoms with Crippen LogP contribution in [0.5, 0.6) is 0 Å². The number of allylic oxidation sites excluding steroid dienone is 2. The summed E-state index contributed by atoms with van der Waals surface area (Å²) in [6.07, 6.45) is 3.47. The summed E-state index contributed by atoms with van der Waals surface area (Å²) in [7, 11) is 1.86. The smallest absolute Gasteiger partial charge is 0.276 e. The fourth-order valence-corrected chi connectivity index (χ4v) is 4.50. The van der Waals surface area contributed by atoms with Crippen LogP contribution in [-0.2, 0) is 23.7 Å². The second-order valence-electron chi connectivity index (χ2n) is 7.20. The third-order valence-corrected chi connectivity index (χ3v) is 5.71. The van der Waals surface area contributed by atoms with Gasteiger partial charge in [-0.2, -0.15) is 15.3 Å². The van der Waals surface area contributed by atoms with Crippen LogP contribution in [0.4, 0.5) is 0 Å². The SMILES string of the molecule is Cc1noc(-c2c3c(nn2C)C2(C)C=C(C#N)C(=O)[C@@H](C)[C@@H]2CC3)n1. The summed E-state index contributed by atoms with van der Waals surface area (Å²) >= 11 is 0. The summed E-state index contributed by atoms with van der Waals surface area (Å²) in [6, 6.07) is 2.07. The molecule has 7 nitrogen and oxygen atoms in total. The van der Waals surface area contributed by atoms with Gasteiger partial charge in [-0.1, -0.05) is 25.1 Å². The normalized spacial score (nSPS) is 28.1. The number of hydrogen-bond donors (Lipinski definition) is 0. The number of carbonyl (C=O) groups is 1. The molecule has 0 aromatic carbocycles. The number of nitriles is 1. The minimum absolute atomic E-state index is 0.0582. The van der Waals surface area contributed by atoms with E-state index in [1.165, 1.54) is 0 Å². The van der Waals surface area contributed by atoms with Gasteiger partial charge in [0.15, 0.2) is 11.6 Å². The summed E-state index contributed by atoms with van der Waals surface area (Å²) < 4.78 is 7.13. The zero-order valence-electron chi connectivity index (χ0n) is 14.7. The highest BCUT2D eigenvalue weighted by molar-refractivity contribution is 6.02. The quantitative estimate of drug-likeness (QED) is 0.792. The van der Waals surface area contributed by atoms with Crippen LogP contribution in [0.25, 0.3) is 11.6 Å². The first-order valence-corrected chi connectivity index (χ1v) is 8.41. The standard InChI is InChI=1S/C18H19N5O2/c1-9-13-6-5-12-14(17-20-10(2)22-25-17)23(4)21-16(12)18(13,3)7-11(8-19)15(9)24/h7,9,13H,5-6H2,1-4H3/t9-,13-,18?/m0/s1. The third-order valence-electron chi connectivity index (χ3n) is 5.71. The van der Waals surface area contributed by atoms with Crippen molar-refractivity contribution in [3.8, 4) is 17.7 Å². The van der Waals surface area contributed by atoms with Crippen molar-refractivity contribution in [2.45, 2.75) is 39.0 Å². The van der Waals surface area contributed by atoms with Crippen LogP contribution in [0.3, 0.4) is 0 Å². The molecular weight excluding hydrogens is 318 g/mol. The molecule has 1 unspecified atom stereocenters. The van der Waals surface area contributed by atoms with Gasteiger partial charge in [0.25, 0.3) is 5.89 Å². The van der Waals surface area contributed by atoms with Crippen LogP contribution < -0.4 is 0 Å². The molecule has 128 valence electrons. The third kappa shape index (κ3) is 2.03. The molecule has 7 heteroatoms. The molecule has 0 aliphatic heterocycles. The average Bonchev–Trinajstić information content (AvgIpc) is 3.14. The monoisotopic (exact) mass is 337 g/mol. The lowest BCUT2D eigenvalue weighted by molar-refractivity contribution is -0.121. The van der Waals surface area contributed by atoms with Crippen LogP contribution in [0.1, 0.15) is 37.4 Å². The molecule has 0 fully saturated rings. The van der Waals surface area contributed by atoms with Crippen molar-refractivity contribution in [1.82, 2.24) is 19.9 Å². The summed E-state index contributed by atoms with van der Waals surface area (Å²) in [5.41, 5.74) is 2.59. The second kappa shape index (κ2) is 5.12. The Kier molecular flexibility index (Phi) is 3.23. The Hall–Kier alpha value is -2.75. The van der Waals surface area contributed by atoms with E-state index in [1.54, 1.807) is 11.6 Å². The van der Waals surface area contributed by atoms with Gasteiger partial charge < -0.3 is 4.52 Å². The predicted octanol–water partition coefficient (Wildman–Crippen LogP) is 2.27. The summed E-state index contributed by atoms with van der Waals surface area (Å²) in [4.78, 5) is 16.8. The second-order valence-corrected chi connectivity index (χ2v) is 7.20.